The van der Waals surface area contributed by atoms with Crippen molar-refractivity contribution in [3.05, 3.63) is 35.7 Å². The van der Waals surface area contributed by atoms with Crippen LogP contribution in [0.5, 0.6) is 0 Å². The molecule has 0 aliphatic rings. The van der Waals surface area contributed by atoms with Crippen LogP contribution in [-0.2, 0) is 20.0 Å². The van der Waals surface area contributed by atoms with Gasteiger partial charge in [0.15, 0.2) is 6.29 Å². The first-order chi connectivity index (χ1) is 7.74. The summed E-state index contributed by atoms with van der Waals surface area (Å²) in [5.41, 5.74) is 2.78. The second kappa shape index (κ2) is 4.30. The Morgan fingerprint density at radius 1 is 1.50 bits per heavy atom. The smallest absolute Gasteiger partial charge is 0.168 e. The van der Waals surface area contributed by atoms with E-state index < -0.39 is 0 Å². The van der Waals surface area contributed by atoms with Gasteiger partial charge >= 0.3 is 0 Å². The number of aldehydes is 1. The summed E-state index contributed by atoms with van der Waals surface area (Å²) in [5, 5.41) is 4.36. The van der Waals surface area contributed by atoms with Crippen molar-refractivity contribution < 1.29 is 4.79 Å². The zero-order valence-electron chi connectivity index (χ0n) is 9.42. The molecule has 0 saturated heterocycles. The summed E-state index contributed by atoms with van der Waals surface area (Å²) >= 11 is 0. The highest BCUT2D eigenvalue weighted by Crippen LogP contribution is 2.10. The van der Waals surface area contributed by atoms with Gasteiger partial charge in [-0.2, -0.15) is 5.10 Å². The Morgan fingerprint density at radius 3 is 3.00 bits per heavy atom. The van der Waals surface area contributed by atoms with Crippen LogP contribution in [0.3, 0.4) is 0 Å². The Morgan fingerprint density at radius 2 is 2.31 bits per heavy atom. The van der Waals surface area contributed by atoms with Crippen LogP contribution in [0.4, 0.5) is 0 Å². The van der Waals surface area contributed by atoms with Crippen LogP contribution in [0, 0.1) is 0 Å². The molecule has 2 aromatic heterocycles. The molecule has 0 aliphatic heterocycles. The molecule has 0 aliphatic carbocycles. The number of aromatic nitrogens is 4. The average molecular weight is 218 g/mol. The molecular weight excluding hydrogens is 204 g/mol. The second-order valence-electron chi connectivity index (χ2n) is 3.69. The standard InChI is InChI=1S/C11H14N4O/c1-3-11-9(5-14(2)13-11)6-15-8-12-4-10(15)7-16/h4-5,7-8H,3,6H2,1-2H3. The molecule has 0 fully saturated rings. The molecular formula is C11H14N4O. The van der Waals surface area contributed by atoms with Crippen molar-refractivity contribution in [3.8, 4) is 0 Å². The Bertz CT molecular complexity index is 498. The number of rotatable bonds is 4. The third-order valence-electron chi connectivity index (χ3n) is 2.53. The largest absolute Gasteiger partial charge is 0.324 e. The van der Waals surface area contributed by atoms with E-state index in [4.69, 9.17) is 0 Å². The lowest BCUT2D eigenvalue weighted by Crippen LogP contribution is -2.03. The van der Waals surface area contributed by atoms with Gasteiger partial charge in [-0.3, -0.25) is 9.48 Å². The van der Waals surface area contributed by atoms with Gasteiger partial charge in [0, 0.05) is 18.8 Å². The fourth-order valence-electron chi connectivity index (χ4n) is 1.76. The van der Waals surface area contributed by atoms with E-state index in [-0.39, 0.29) is 0 Å². The second-order valence-corrected chi connectivity index (χ2v) is 3.69. The fraction of sp³-hybridized carbons (Fsp3) is 0.364. The van der Waals surface area contributed by atoms with E-state index in [1.54, 1.807) is 17.2 Å². The van der Waals surface area contributed by atoms with Crippen LogP contribution >= 0.6 is 0 Å². The number of carbonyl (C=O) groups excluding carboxylic acids is 1. The maximum Gasteiger partial charge on any atom is 0.168 e. The molecule has 0 bridgehead atoms. The summed E-state index contributed by atoms with van der Waals surface area (Å²) in [5.74, 6) is 0. The van der Waals surface area contributed by atoms with E-state index in [0.717, 1.165) is 24.0 Å². The summed E-state index contributed by atoms with van der Waals surface area (Å²) < 4.78 is 3.62. The van der Waals surface area contributed by atoms with E-state index in [2.05, 4.69) is 17.0 Å². The molecule has 0 radical (unpaired) electrons. The number of hydrogen-bond acceptors (Lipinski definition) is 3. The van der Waals surface area contributed by atoms with E-state index in [1.165, 1.54) is 0 Å². The minimum atomic E-state index is 0.589. The molecule has 16 heavy (non-hydrogen) atoms. The van der Waals surface area contributed by atoms with Gasteiger partial charge in [0.25, 0.3) is 0 Å². The summed E-state index contributed by atoms with van der Waals surface area (Å²) in [6.45, 7) is 2.71. The molecule has 0 saturated carbocycles. The Labute approximate surface area is 93.7 Å². The predicted molar refractivity (Wildman–Crippen MR) is 59.3 cm³/mol. The zero-order valence-corrected chi connectivity index (χ0v) is 9.42. The van der Waals surface area contributed by atoms with Crippen LogP contribution in [0.2, 0.25) is 0 Å². The van der Waals surface area contributed by atoms with Crippen LogP contribution in [0.25, 0.3) is 0 Å². The lowest BCUT2D eigenvalue weighted by atomic mass is 10.2. The van der Waals surface area contributed by atoms with E-state index in [9.17, 15) is 4.79 Å². The van der Waals surface area contributed by atoms with Gasteiger partial charge in [-0.1, -0.05) is 6.92 Å². The number of aryl methyl sites for hydroxylation is 2. The molecule has 0 atom stereocenters. The highest BCUT2D eigenvalue weighted by molar-refractivity contribution is 5.71. The SMILES string of the molecule is CCc1nn(C)cc1Cn1cncc1C=O. The number of hydrogen-bond donors (Lipinski definition) is 0. The molecule has 0 unspecified atom stereocenters. The maximum absolute atomic E-state index is 10.8. The van der Waals surface area contributed by atoms with Gasteiger partial charge in [0.2, 0.25) is 0 Å². The molecule has 2 rings (SSSR count). The van der Waals surface area contributed by atoms with Crippen molar-refractivity contribution >= 4 is 6.29 Å². The van der Waals surface area contributed by atoms with Crippen LogP contribution in [0.1, 0.15) is 28.7 Å². The van der Waals surface area contributed by atoms with Gasteiger partial charge < -0.3 is 4.57 Å². The first kappa shape index (κ1) is 10.6. The van der Waals surface area contributed by atoms with Gasteiger partial charge in [-0.05, 0) is 6.42 Å². The fourth-order valence-corrected chi connectivity index (χ4v) is 1.76. The highest BCUT2D eigenvalue weighted by atomic mass is 16.1. The Balaban J connectivity index is 2.29. The first-order valence-corrected chi connectivity index (χ1v) is 5.21. The molecule has 2 heterocycles. The molecule has 0 aromatic carbocycles. The van der Waals surface area contributed by atoms with E-state index in [0.29, 0.717) is 12.2 Å². The van der Waals surface area contributed by atoms with Gasteiger partial charge in [0.1, 0.15) is 5.69 Å². The molecule has 5 heteroatoms. The van der Waals surface area contributed by atoms with Crippen molar-refractivity contribution in [1.29, 1.82) is 0 Å². The van der Waals surface area contributed by atoms with Crippen LogP contribution in [0.15, 0.2) is 18.7 Å². The monoisotopic (exact) mass is 218 g/mol. The Kier molecular flexibility index (Phi) is 2.85. The van der Waals surface area contributed by atoms with Gasteiger partial charge in [-0.25, -0.2) is 4.98 Å². The van der Waals surface area contributed by atoms with Gasteiger partial charge in [0.05, 0.1) is 24.8 Å². The van der Waals surface area contributed by atoms with Crippen molar-refractivity contribution in [2.75, 3.05) is 0 Å². The summed E-state index contributed by atoms with van der Waals surface area (Å²) in [6, 6.07) is 0. The normalized spacial score (nSPS) is 10.6. The van der Waals surface area contributed by atoms with Crippen molar-refractivity contribution in [2.24, 2.45) is 7.05 Å². The topological polar surface area (TPSA) is 52.7 Å². The van der Waals surface area contributed by atoms with E-state index in [1.807, 2.05) is 17.8 Å². The van der Waals surface area contributed by atoms with Crippen LogP contribution in [-0.4, -0.2) is 25.6 Å². The van der Waals surface area contributed by atoms with Gasteiger partial charge in [-0.15, -0.1) is 0 Å². The zero-order chi connectivity index (χ0) is 11.5. The van der Waals surface area contributed by atoms with Crippen molar-refractivity contribution in [1.82, 2.24) is 19.3 Å². The quantitative estimate of drug-likeness (QED) is 0.720. The predicted octanol–water partition coefficient (Wildman–Crippen LogP) is 1.04. The summed E-state index contributed by atoms with van der Waals surface area (Å²) in [7, 11) is 1.90. The summed E-state index contributed by atoms with van der Waals surface area (Å²) in [4.78, 5) is 14.7. The first-order valence-electron chi connectivity index (χ1n) is 5.21. The molecule has 0 amide bonds. The van der Waals surface area contributed by atoms with Crippen molar-refractivity contribution in [2.45, 2.75) is 19.9 Å². The maximum atomic E-state index is 10.8. The number of imidazole rings is 1. The molecule has 0 spiro atoms. The molecule has 2 aromatic rings. The summed E-state index contributed by atoms with van der Waals surface area (Å²) in [6.07, 6.45) is 6.91. The minimum Gasteiger partial charge on any atom is -0.324 e. The molecule has 84 valence electrons. The third-order valence-corrected chi connectivity index (χ3v) is 2.53. The lowest BCUT2D eigenvalue weighted by molar-refractivity contribution is 0.111. The molecule has 0 N–H and O–H groups in total. The average Bonchev–Trinajstić information content (AvgIpc) is 2.85. The Hall–Kier alpha value is -1.91. The lowest BCUT2D eigenvalue weighted by Gasteiger charge is -2.03. The highest BCUT2D eigenvalue weighted by Gasteiger charge is 2.08. The number of carbonyl (C=O) groups is 1. The van der Waals surface area contributed by atoms with Crippen molar-refractivity contribution in [3.63, 3.8) is 0 Å². The molecule has 5 nitrogen and oxygen atoms in total. The third kappa shape index (κ3) is 1.88. The minimum absolute atomic E-state index is 0.589. The van der Waals surface area contributed by atoms with E-state index >= 15 is 0 Å². The number of nitrogens with zero attached hydrogens (tertiary/aromatic N) is 4. The van der Waals surface area contributed by atoms with Crippen LogP contribution < -0.4 is 0 Å².